The summed E-state index contributed by atoms with van der Waals surface area (Å²) in [7, 11) is 0. The molecule has 2 aromatic rings. The third-order valence-corrected chi connectivity index (χ3v) is 3.92. The number of nitro benzene ring substituents is 1. The molecule has 6 nitrogen and oxygen atoms in total. The zero-order chi connectivity index (χ0) is 18.4. The molecule has 0 saturated carbocycles. The zero-order valence-electron chi connectivity index (χ0n) is 12.7. The second kappa shape index (κ2) is 8.52. The molecule has 1 N–H and O–H groups in total. The number of ether oxygens (including phenoxy) is 1. The van der Waals surface area contributed by atoms with Crippen LogP contribution in [0.15, 0.2) is 46.9 Å². The lowest BCUT2D eigenvalue weighted by molar-refractivity contribution is -0.385. The van der Waals surface area contributed by atoms with Crippen molar-refractivity contribution in [1.82, 2.24) is 5.32 Å². The summed E-state index contributed by atoms with van der Waals surface area (Å²) in [6.07, 6.45) is 0.472. The van der Waals surface area contributed by atoms with Crippen molar-refractivity contribution in [1.29, 1.82) is 0 Å². The van der Waals surface area contributed by atoms with Gasteiger partial charge in [0.2, 0.25) is 0 Å². The molecule has 0 spiro atoms. The molecule has 0 aliphatic heterocycles. The molecule has 0 saturated heterocycles. The lowest BCUT2D eigenvalue weighted by Crippen LogP contribution is -2.25. The van der Waals surface area contributed by atoms with Gasteiger partial charge in [0.1, 0.15) is 5.75 Å². The number of hydrogen-bond donors (Lipinski definition) is 1. The molecule has 0 atom stereocenters. The summed E-state index contributed by atoms with van der Waals surface area (Å²) in [5.74, 6) is -0.377. The summed E-state index contributed by atoms with van der Waals surface area (Å²) in [6, 6.07) is 10.2. The van der Waals surface area contributed by atoms with Crippen molar-refractivity contribution in [3.8, 4) is 5.75 Å². The van der Waals surface area contributed by atoms with Gasteiger partial charge in [0.05, 0.1) is 9.40 Å². The summed E-state index contributed by atoms with van der Waals surface area (Å²) in [5.41, 5.74) is 0.807. The number of alkyl halides is 2. The van der Waals surface area contributed by atoms with Crippen LogP contribution in [-0.4, -0.2) is 24.0 Å². The van der Waals surface area contributed by atoms with Crippen molar-refractivity contribution < 1.29 is 23.2 Å². The van der Waals surface area contributed by atoms with Crippen molar-refractivity contribution in [2.45, 2.75) is 13.0 Å². The number of nitrogens with one attached hydrogen (secondary N) is 1. The van der Waals surface area contributed by atoms with E-state index in [-0.39, 0.29) is 23.5 Å². The minimum atomic E-state index is -2.87. The van der Waals surface area contributed by atoms with Crippen LogP contribution in [0.4, 0.5) is 14.5 Å². The van der Waals surface area contributed by atoms with Crippen molar-refractivity contribution in [3.63, 3.8) is 0 Å². The first-order valence-corrected chi connectivity index (χ1v) is 7.92. The fraction of sp³-hybridized carbons (Fsp3) is 0.188. The largest absolute Gasteiger partial charge is 0.435 e. The fourth-order valence-corrected chi connectivity index (χ4v) is 2.45. The normalized spacial score (nSPS) is 10.6. The van der Waals surface area contributed by atoms with E-state index in [2.05, 4.69) is 26.0 Å². The molecule has 0 heterocycles. The lowest BCUT2D eigenvalue weighted by atomic mass is 10.1. The highest BCUT2D eigenvalue weighted by Crippen LogP contribution is 2.25. The quantitative estimate of drug-likeness (QED) is 0.549. The van der Waals surface area contributed by atoms with Gasteiger partial charge in [-0.25, -0.2) is 0 Å². The molecule has 25 heavy (non-hydrogen) atoms. The number of nitrogens with zero attached hydrogens (tertiary/aromatic N) is 1. The Kier molecular flexibility index (Phi) is 6.40. The monoisotopic (exact) mass is 414 g/mol. The Balaban J connectivity index is 1.90. The highest BCUT2D eigenvalue weighted by atomic mass is 79.9. The summed E-state index contributed by atoms with van der Waals surface area (Å²) in [6.45, 7) is -2.59. The Hall–Kier alpha value is -2.55. The van der Waals surface area contributed by atoms with Gasteiger partial charge in [0, 0.05) is 18.2 Å². The molecular formula is C16H13BrF2N2O4. The van der Waals surface area contributed by atoms with Gasteiger partial charge >= 0.3 is 6.61 Å². The Morgan fingerprint density at radius 1 is 1.24 bits per heavy atom. The minimum absolute atomic E-state index is 0.0601. The van der Waals surface area contributed by atoms with E-state index >= 15 is 0 Å². The molecule has 2 rings (SSSR count). The van der Waals surface area contributed by atoms with Crippen LogP contribution in [0.5, 0.6) is 5.75 Å². The first kappa shape index (κ1) is 18.8. The molecule has 1 amide bonds. The van der Waals surface area contributed by atoms with Crippen molar-refractivity contribution >= 4 is 27.5 Å². The highest BCUT2D eigenvalue weighted by Gasteiger charge is 2.15. The summed E-state index contributed by atoms with van der Waals surface area (Å²) >= 11 is 3.05. The Labute approximate surface area is 150 Å². The highest BCUT2D eigenvalue weighted by molar-refractivity contribution is 9.10. The number of carbonyl (C=O) groups excluding carboxylic acids is 1. The van der Waals surface area contributed by atoms with E-state index in [4.69, 9.17) is 0 Å². The van der Waals surface area contributed by atoms with Gasteiger partial charge in [0.15, 0.2) is 0 Å². The fourth-order valence-electron chi connectivity index (χ4n) is 2.05. The SMILES string of the molecule is O=C(NCCc1ccc(OC(F)F)cc1)c1ccc(Br)c([N+](=O)[O-])c1. The van der Waals surface area contributed by atoms with Gasteiger partial charge in [-0.05, 0) is 52.2 Å². The number of halogens is 3. The van der Waals surface area contributed by atoms with Gasteiger partial charge in [-0.3, -0.25) is 14.9 Å². The van der Waals surface area contributed by atoms with E-state index in [1.54, 1.807) is 12.1 Å². The zero-order valence-corrected chi connectivity index (χ0v) is 14.3. The maximum Gasteiger partial charge on any atom is 0.387 e. The van der Waals surface area contributed by atoms with Crippen LogP contribution < -0.4 is 10.1 Å². The molecule has 9 heteroatoms. The molecule has 0 aromatic heterocycles. The molecule has 2 aromatic carbocycles. The number of benzene rings is 2. The summed E-state index contributed by atoms with van der Waals surface area (Å²) < 4.78 is 28.7. The Morgan fingerprint density at radius 2 is 1.92 bits per heavy atom. The molecule has 0 bridgehead atoms. The second-order valence-electron chi connectivity index (χ2n) is 4.95. The third kappa shape index (κ3) is 5.49. The maximum atomic E-state index is 12.1. The molecule has 0 unspecified atom stereocenters. The van der Waals surface area contributed by atoms with Gasteiger partial charge in [-0.2, -0.15) is 8.78 Å². The van der Waals surface area contributed by atoms with E-state index in [1.165, 1.54) is 30.3 Å². The standard InChI is InChI=1S/C16H13BrF2N2O4/c17-13-6-3-11(9-14(13)21(23)24)15(22)20-8-7-10-1-4-12(5-2-10)25-16(18)19/h1-6,9,16H,7-8H2,(H,20,22). The van der Waals surface area contributed by atoms with Crippen LogP contribution >= 0.6 is 15.9 Å². The molecule has 0 aliphatic rings. The number of nitro groups is 1. The van der Waals surface area contributed by atoms with Gasteiger partial charge in [-0.1, -0.05) is 12.1 Å². The van der Waals surface area contributed by atoms with Crippen LogP contribution in [0.25, 0.3) is 0 Å². The average Bonchev–Trinajstić information content (AvgIpc) is 2.56. The molecule has 132 valence electrons. The van der Waals surface area contributed by atoms with Gasteiger partial charge < -0.3 is 10.1 Å². The average molecular weight is 415 g/mol. The summed E-state index contributed by atoms with van der Waals surface area (Å²) in [4.78, 5) is 22.3. The predicted octanol–water partition coefficient (Wildman–Crippen LogP) is 3.93. The van der Waals surface area contributed by atoms with Crippen LogP contribution in [0.3, 0.4) is 0 Å². The third-order valence-electron chi connectivity index (χ3n) is 3.25. The Morgan fingerprint density at radius 3 is 2.52 bits per heavy atom. The first-order chi connectivity index (χ1) is 11.9. The number of carbonyl (C=O) groups is 1. The van der Waals surface area contributed by atoms with Crippen molar-refractivity contribution in [2.24, 2.45) is 0 Å². The number of amides is 1. The summed E-state index contributed by atoms with van der Waals surface area (Å²) in [5, 5.41) is 13.5. The van der Waals surface area contributed by atoms with E-state index in [9.17, 15) is 23.7 Å². The Bertz CT molecular complexity index is 769. The van der Waals surface area contributed by atoms with Crippen molar-refractivity contribution in [2.75, 3.05) is 6.54 Å². The lowest BCUT2D eigenvalue weighted by Gasteiger charge is -2.07. The van der Waals surface area contributed by atoms with E-state index < -0.39 is 17.4 Å². The molecular weight excluding hydrogens is 402 g/mol. The number of hydrogen-bond acceptors (Lipinski definition) is 4. The van der Waals surface area contributed by atoms with Gasteiger partial charge in [-0.15, -0.1) is 0 Å². The smallest absolute Gasteiger partial charge is 0.387 e. The van der Waals surface area contributed by atoms with Crippen LogP contribution in [0.1, 0.15) is 15.9 Å². The predicted molar refractivity (Wildman–Crippen MR) is 89.9 cm³/mol. The molecule has 0 aliphatic carbocycles. The topological polar surface area (TPSA) is 81.5 Å². The second-order valence-corrected chi connectivity index (χ2v) is 5.81. The van der Waals surface area contributed by atoms with E-state index in [1.807, 2.05) is 0 Å². The van der Waals surface area contributed by atoms with Crippen LogP contribution in [0, 0.1) is 10.1 Å². The van der Waals surface area contributed by atoms with E-state index in [0.717, 1.165) is 5.56 Å². The molecule has 0 fully saturated rings. The first-order valence-electron chi connectivity index (χ1n) is 7.12. The minimum Gasteiger partial charge on any atom is -0.435 e. The number of rotatable bonds is 7. The maximum absolute atomic E-state index is 12.1. The van der Waals surface area contributed by atoms with Gasteiger partial charge in [0.25, 0.3) is 11.6 Å². The van der Waals surface area contributed by atoms with Crippen molar-refractivity contribution in [3.05, 3.63) is 68.2 Å². The van der Waals surface area contributed by atoms with Crippen LogP contribution in [0.2, 0.25) is 0 Å². The van der Waals surface area contributed by atoms with Crippen LogP contribution in [-0.2, 0) is 6.42 Å². The molecule has 0 radical (unpaired) electrons. The van der Waals surface area contributed by atoms with E-state index in [0.29, 0.717) is 10.9 Å².